The fraction of sp³-hybridized carbons (Fsp3) is 0.636. The van der Waals surface area contributed by atoms with E-state index < -0.39 is 0 Å². The molecule has 2 rings (SSSR count). The van der Waals surface area contributed by atoms with E-state index in [0.717, 1.165) is 31.1 Å². The van der Waals surface area contributed by atoms with Gasteiger partial charge in [-0.05, 0) is 25.7 Å². The van der Waals surface area contributed by atoms with Crippen LogP contribution in [0.1, 0.15) is 34.8 Å². The highest BCUT2D eigenvalue weighted by Gasteiger charge is 2.19. The van der Waals surface area contributed by atoms with Gasteiger partial charge in [0.25, 0.3) is 0 Å². The minimum atomic E-state index is 0.186. The molecule has 0 aromatic carbocycles. The first-order valence-electron chi connectivity index (χ1n) is 5.29. The Hall–Kier alpha value is -0.740. The number of ketones is 1. The third kappa shape index (κ3) is 2.86. The Balaban J connectivity index is 1.91. The average Bonchev–Trinajstić information content (AvgIpc) is 2.66. The molecule has 2 heterocycles. The lowest BCUT2D eigenvalue weighted by molar-refractivity contribution is 0.0599. The summed E-state index contributed by atoms with van der Waals surface area (Å²) in [5.74, 6) is 0.680. The normalized spacial score (nSPS) is 17.9. The van der Waals surface area contributed by atoms with Gasteiger partial charge in [-0.2, -0.15) is 0 Å². The van der Waals surface area contributed by atoms with Crippen molar-refractivity contribution in [3.8, 4) is 0 Å². The van der Waals surface area contributed by atoms with E-state index >= 15 is 0 Å². The lowest BCUT2D eigenvalue weighted by Gasteiger charge is -2.20. The second-order valence-corrected chi connectivity index (χ2v) is 5.00. The van der Waals surface area contributed by atoms with E-state index in [9.17, 15) is 4.79 Å². The maximum absolute atomic E-state index is 11.8. The third-order valence-electron chi connectivity index (χ3n) is 2.72. The number of carbonyl (C=O) groups excluding carboxylic acids is 1. The molecule has 0 bridgehead atoms. The molecule has 0 amide bonds. The number of ether oxygens (including phenoxy) is 1. The molecular weight excluding hydrogens is 210 g/mol. The van der Waals surface area contributed by atoms with Crippen LogP contribution in [0.3, 0.4) is 0 Å². The predicted molar refractivity (Wildman–Crippen MR) is 59.3 cm³/mol. The molecule has 0 aliphatic carbocycles. The Bertz CT molecular complexity index is 342. The van der Waals surface area contributed by atoms with E-state index in [2.05, 4.69) is 4.98 Å². The molecule has 1 saturated heterocycles. The fourth-order valence-electron chi connectivity index (χ4n) is 1.81. The molecule has 0 atom stereocenters. The van der Waals surface area contributed by atoms with Crippen molar-refractivity contribution in [3.63, 3.8) is 0 Å². The quantitative estimate of drug-likeness (QED) is 0.742. The van der Waals surface area contributed by atoms with E-state index in [4.69, 9.17) is 4.74 Å². The zero-order chi connectivity index (χ0) is 10.7. The molecule has 0 saturated carbocycles. The summed E-state index contributed by atoms with van der Waals surface area (Å²) in [6.45, 7) is 3.53. The van der Waals surface area contributed by atoms with Gasteiger partial charge >= 0.3 is 0 Å². The van der Waals surface area contributed by atoms with Crippen LogP contribution >= 0.6 is 11.3 Å². The lowest BCUT2D eigenvalue weighted by atomic mass is 9.94. The summed E-state index contributed by atoms with van der Waals surface area (Å²) < 4.78 is 5.27. The second-order valence-electron chi connectivity index (χ2n) is 3.93. The number of hydrogen-bond acceptors (Lipinski definition) is 4. The van der Waals surface area contributed by atoms with Crippen LogP contribution in [0.2, 0.25) is 0 Å². The lowest BCUT2D eigenvalue weighted by Crippen LogP contribution is -2.18. The number of aromatic nitrogens is 1. The summed E-state index contributed by atoms with van der Waals surface area (Å²) in [5, 5.41) is 2.82. The van der Waals surface area contributed by atoms with Crippen LogP contribution in [0.15, 0.2) is 5.38 Å². The van der Waals surface area contributed by atoms with E-state index in [1.807, 2.05) is 12.3 Å². The molecule has 1 aliphatic heterocycles. The summed E-state index contributed by atoms with van der Waals surface area (Å²) in [7, 11) is 0. The monoisotopic (exact) mass is 225 g/mol. The van der Waals surface area contributed by atoms with Gasteiger partial charge in [0, 0.05) is 25.0 Å². The van der Waals surface area contributed by atoms with E-state index in [1.165, 1.54) is 11.3 Å². The maximum Gasteiger partial charge on any atom is 0.182 e. The van der Waals surface area contributed by atoms with Crippen molar-refractivity contribution < 1.29 is 9.53 Å². The van der Waals surface area contributed by atoms with Gasteiger partial charge in [-0.25, -0.2) is 4.98 Å². The van der Waals surface area contributed by atoms with Crippen molar-refractivity contribution in [2.24, 2.45) is 5.92 Å². The number of rotatable bonds is 3. The number of aryl methyl sites for hydroxylation is 1. The molecular formula is C11H15NO2S. The van der Waals surface area contributed by atoms with Gasteiger partial charge in [-0.15, -0.1) is 11.3 Å². The molecule has 1 aromatic rings. The largest absolute Gasteiger partial charge is 0.381 e. The summed E-state index contributed by atoms with van der Waals surface area (Å²) in [6.07, 6.45) is 2.65. The molecule has 82 valence electrons. The highest BCUT2D eigenvalue weighted by Crippen LogP contribution is 2.21. The van der Waals surface area contributed by atoms with Crippen LogP contribution in [0.4, 0.5) is 0 Å². The Morgan fingerprint density at radius 3 is 2.93 bits per heavy atom. The van der Waals surface area contributed by atoms with Gasteiger partial charge in [0.15, 0.2) is 5.78 Å². The molecule has 15 heavy (non-hydrogen) atoms. The maximum atomic E-state index is 11.8. The number of nitrogens with zero attached hydrogens (tertiary/aromatic N) is 1. The molecule has 3 nitrogen and oxygen atoms in total. The van der Waals surface area contributed by atoms with Crippen LogP contribution in [-0.2, 0) is 4.74 Å². The zero-order valence-electron chi connectivity index (χ0n) is 8.86. The van der Waals surface area contributed by atoms with Crippen LogP contribution in [0.5, 0.6) is 0 Å². The number of carbonyl (C=O) groups is 1. The van der Waals surface area contributed by atoms with Crippen LogP contribution in [-0.4, -0.2) is 24.0 Å². The van der Waals surface area contributed by atoms with Crippen molar-refractivity contribution in [2.45, 2.75) is 26.2 Å². The van der Waals surface area contributed by atoms with Gasteiger partial charge < -0.3 is 4.74 Å². The summed E-state index contributed by atoms with van der Waals surface area (Å²) in [4.78, 5) is 16.0. The first-order valence-corrected chi connectivity index (χ1v) is 6.17. The topological polar surface area (TPSA) is 39.2 Å². The Labute approximate surface area is 93.5 Å². The number of Topliss-reactive ketones (excluding diaryl/α,β-unsaturated/α-hetero) is 1. The van der Waals surface area contributed by atoms with Gasteiger partial charge in [-0.1, -0.05) is 0 Å². The highest BCUT2D eigenvalue weighted by atomic mass is 32.1. The van der Waals surface area contributed by atoms with Gasteiger partial charge in [0.1, 0.15) is 5.69 Å². The van der Waals surface area contributed by atoms with Crippen molar-refractivity contribution >= 4 is 17.1 Å². The zero-order valence-corrected chi connectivity index (χ0v) is 9.68. The second kappa shape index (κ2) is 4.86. The first kappa shape index (κ1) is 10.8. The van der Waals surface area contributed by atoms with E-state index in [0.29, 0.717) is 18.0 Å². The van der Waals surface area contributed by atoms with E-state index in [-0.39, 0.29) is 5.78 Å². The van der Waals surface area contributed by atoms with E-state index in [1.54, 1.807) is 0 Å². The molecule has 1 aliphatic rings. The number of hydrogen-bond donors (Lipinski definition) is 0. The third-order valence-corrected chi connectivity index (χ3v) is 3.49. The summed E-state index contributed by atoms with van der Waals surface area (Å²) in [5.41, 5.74) is 0.643. The number of thiazole rings is 1. The van der Waals surface area contributed by atoms with Crippen molar-refractivity contribution in [3.05, 3.63) is 16.1 Å². The van der Waals surface area contributed by atoms with Crippen molar-refractivity contribution in [1.82, 2.24) is 4.98 Å². The molecule has 1 fully saturated rings. The summed E-state index contributed by atoms with van der Waals surface area (Å²) >= 11 is 1.54. The Morgan fingerprint density at radius 2 is 2.33 bits per heavy atom. The summed E-state index contributed by atoms with van der Waals surface area (Å²) in [6, 6.07) is 0. The molecule has 0 unspecified atom stereocenters. The SMILES string of the molecule is Cc1nc(C(=O)CC2CCOCC2)cs1. The molecule has 0 N–H and O–H groups in total. The highest BCUT2D eigenvalue weighted by molar-refractivity contribution is 7.09. The van der Waals surface area contributed by atoms with Crippen molar-refractivity contribution in [1.29, 1.82) is 0 Å². The minimum absolute atomic E-state index is 0.186. The minimum Gasteiger partial charge on any atom is -0.381 e. The standard InChI is InChI=1S/C11H15NO2S/c1-8-12-10(7-15-8)11(13)6-9-2-4-14-5-3-9/h7,9H,2-6H2,1H3. The van der Waals surface area contributed by atoms with Crippen LogP contribution in [0, 0.1) is 12.8 Å². The Morgan fingerprint density at radius 1 is 1.60 bits per heavy atom. The van der Waals surface area contributed by atoms with Gasteiger partial charge in [-0.3, -0.25) is 4.79 Å². The smallest absolute Gasteiger partial charge is 0.182 e. The first-order chi connectivity index (χ1) is 7.25. The molecule has 0 radical (unpaired) electrons. The van der Waals surface area contributed by atoms with Crippen molar-refractivity contribution in [2.75, 3.05) is 13.2 Å². The van der Waals surface area contributed by atoms with Gasteiger partial charge in [0.2, 0.25) is 0 Å². The molecule has 4 heteroatoms. The molecule has 1 aromatic heterocycles. The van der Waals surface area contributed by atoms with Crippen LogP contribution < -0.4 is 0 Å². The fourth-order valence-corrected chi connectivity index (χ4v) is 2.43. The average molecular weight is 225 g/mol. The molecule has 0 spiro atoms. The van der Waals surface area contributed by atoms with Crippen LogP contribution in [0.25, 0.3) is 0 Å². The Kier molecular flexibility index (Phi) is 3.49. The predicted octanol–water partition coefficient (Wildman–Crippen LogP) is 2.45. The van der Waals surface area contributed by atoms with Gasteiger partial charge in [0.05, 0.1) is 5.01 Å².